The Kier molecular flexibility index (Phi) is 5.92. The van der Waals surface area contributed by atoms with E-state index in [1.165, 1.54) is 19.2 Å². The number of ether oxygens (including phenoxy) is 1. The molecule has 0 unspecified atom stereocenters. The zero-order valence-electron chi connectivity index (χ0n) is 19.4. The van der Waals surface area contributed by atoms with Crippen LogP contribution in [0.2, 0.25) is 0 Å². The molecule has 0 spiro atoms. The Morgan fingerprint density at radius 2 is 2.00 bits per heavy atom. The van der Waals surface area contributed by atoms with Crippen molar-refractivity contribution in [1.29, 1.82) is 0 Å². The SMILES string of the molecule is CC[C@H](Nc1ncnc2c1nc(-c1cnc(C)nc1)n2CC)C(=O)N1CCOC[C@H]1C1CC1. The maximum Gasteiger partial charge on any atom is 0.245 e. The molecule has 10 nitrogen and oxygen atoms in total. The van der Waals surface area contributed by atoms with E-state index in [-0.39, 0.29) is 18.0 Å². The minimum atomic E-state index is -0.389. The minimum absolute atomic E-state index is 0.103. The van der Waals surface area contributed by atoms with Crippen molar-refractivity contribution in [1.82, 2.24) is 34.4 Å². The molecular weight excluding hydrogens is 420 g/mol. The van der Waals surface area contributed by atoms with Crippen molar-refractivity contribution in [2.45, 2.75) is 58.7 Å². The summed E-state index contributed by atoms with van der Waals surface area (Å²) in [5, 5.41) is 3.38. The molecule has 2 fully saturated rings. The fraction of sp³-hybridized carbons (Fsp3) is 0.565. The van der Waals surface area contributed by atoms with Crippen LogP contribution in [0, 0.1) is 12.8 Å². The highest BCUT2D eigenvalue weighted by molar-refractivity contribution is 5.90. The Labute approximate surface area is 192 Å². The molecule has 3 aromatic heterocycles. The van der Waals surface area contributed by atoms with E-state index in [0.29, 0.717) is 55.8 Å². The van der Waals surface area contributed by atoms with Crippen LogP contribution in [0.5, 0.6) is 0 Å². The molecule has 33 heavy (non-hydrogen) atoms. The monoisotopic (exact) mass is 450 g/mol. The number of aromatic nitrogens is 6. The van der Waals surface area contributed by atoms with E-state index in [2.05, 4.69) is 25.3 Å². The number of imidazole rings is 1. The fourth-order valence-electron chi connectivity index (χ4n) is 4.54. The molecule has 1 aliphatic heterocycles. The fourth-order valence-corrected chi connectivity index (χ4v) is 4.54. The molecule has 2 aliphatic rings. The molecule has 10 heteroatoms. The van der Waals surface area contributed by atoms with Crippen LogP contribution in [0.3, 0.4) is 0 Å². The summed E-state index contributed by atoms with van der Waals surface area (Å²) in [4.78, 5) is 37.9. The molecule has 2 atom stereocenters. The number of morpholine rings is 1. The summed E-state index contributed by atoms with van der Waals surface area (Å²) in [5.74, 6) is 2.68. The molecule has 1 aliphatic carbocycles. The van der Waals surface area contributed by atoms with Gasteiger partial charge in [-0.3, -0.25) is 4.79 Å². The second kappa shape index (κ2) is 9.01. The van der Waals surface area contributed by atoms with Crippen LogP contribution >= 0.6 is 0 Å². The highest BCUT2D eigenvalue weighted by atomic mass is 16.5. The van der Waals surface area contributed by atoms with Crippen LogP contribution in [0.25, 0.3) is 22.6 Å². The normalized spacial score (nSPS) is 19.6. The van der Waals surface area contributed by atoms with Gasteiger partial charge in [0.1, 0.15) is 24.0 Å². The Morgan fingerprint density at radius 1 is 1.21 bits per heavy atom. The topological polar surface area (TPSA) is 111 Å². The second-order valence-electron chi connectivity index (χ2n) is 8.71. The summed E-state index contributed by atoms with van der Waals surface area (Å²) in [6.45, 7) is 8.45. The molecule has 0 bridgehead atoms. The van der Waals surface area contributed by atoms with Gasteiger partial charge in [-0.15, -0.1) is 0 Å². The lowest BCUT2D eigenvalue weighted by Crippen LogP contribution is -2.54. The maximum absolute atomic E-state index is 13.5. The average Bonchev–Trinajstić information content (AvgIpc) is 3.62. The number of amides is 1. The number of nitrogens with one attached hydrogen (secondary N) is 1. The summed E-state index contributed by atoms with van der Waals surface area (Å²) in [5.41, 5.74) is 2.17. The zero-order valence-corrected chi connectivity index (χ0v) is 19.4. The van der Waals surface area contributed by atoms with Crippen molar-refractivity contribution in [3.63, 3.8) is 0 Å². The van der Waals surface area contributed by atoms with Crippen molar-refractivity contribution >= 4 is 22.9 Å². The Morgan fingerprint density at radius 3 is 2.70 bits per heavy atom. The van der Waals surface area contributed by atoms with Gasteiger partial charge in [0, 0.05) is 25.5 Å². The first-order chi connectivity index (χ1) is 16.1. The molecule has 0 radical (unpaired) electrons. The second-order valence-corrected chi connectivity index (χ2v) is 8.71. The van der Waals surface area contributed by atoms with E-state index in [1.807, 2.05) is 30.2 Å². The number of nitrogens with zero attached hydrogens (tertiary/aromatic N) is 7. The van der Waals surface area contributed by atoms with Gasteiger partial charge in [0.15, 0.2) is 17.0 Å². The van der Waals surface area contributed by atoms with E-state index in [0.717, 1.165) is 17.0 Å². The van der Waals surface area contributed by atoms with Crippen LogP contribution in [-0.2, 0) is 16.1 Å². The van der Waals surface area contributed by atoms with Crippen molar-refractivity contribution in [2.75, 3.05) is 25.1 Å². The molecule has 1 saturated carbocycles. The molecule has 0 aromatic carbocycles. The first kappa shape index (κ1) is 21.7. The van der Waals surface area contributed by atoms with Crippen LogP contribution in [0.4, 0.5) is 5.82 Å². The van der Waals surface area contributed by atoms with Gasteiger partial charge in [-0.2, -0.15) is 0 Å². The molecule has 5 rings (SSSR count). The number of carbonyl (C=O) groups excluding carboxylic acids is 1. The smallest absolute Gasteiger partial charge is 0.245 e. The lowest BCUT2D eigenvalue weighted by Gasteiger charge is -2.38. The van der Waals surface area contributed by atoms with Gasteiger partial charge in [0.25, 0.3) is 0 Å². The molecule has 1 amide bonds. The predicted molar refractivity (Wildman–Crippen MR) is 124 cm³/mol. The lowest BCUT2D eigenvalue weighted by atomic mass is 10.1. The van der Waals surface area contributed by atoms with Crippen molar-refractivity contribution in [2.24, 2.45) is 5.92 Å². The van der Waals surface area contributed by atoms with E-state index >= 15 is 0 Å². The van der Waals surface area contributed by atoms with Gasteiger partial charge in [-0.25, -0.2) is 24.9 Å². The number of carbonyl (C=O) groups is 1. The molecule has 1 saturated heterocycles. The number of aryl methyl sites for hydroxylation is 2. The van der Waals surface area contributed by atoms with Gasteiger partial charge in [-0.1, -0.05) is 6.92 Å². The van der Waals surface area contributed by atoms with E-state index in [1.54, 1.807) is 12.4 Å². The van der Waals surface area contributed by atoms with Gasteiger partial charge in [0.2, 0.25) is 5.91 Å². The quantitative estimate of drug-likeness (QED) is 0.584. The van der Waals surface area contributed by atoms with Crippen LogP contribution in [0.15, 0.2) is 18.7 Å². The molecular formula is C23H30N8O2. The van der Waals surface area contributed by atoms with Crippen LogP contribution in [0.1, 0.15) is 38.9 Å². The third-order valence-corrected chi connectivity index (χ3v) is 6.52. The van der Waals surface area contributed by atoms with Crippen molar-refractivity contribution in [3.05, 3.63) is 24.5 Å². The number of hydrogen-bond acceptors (Lipinski definition) is 8. The summed E-state index contributed by atoms with van der Waals surface area (Å²) < 4.78 is 7.69. The summed E-state index contributed by atoms with van der Waals surface area (Å²) in [6.07, 6.45) is 8.05. The number of fused-ring (bicyclic) bond motifs is 1. The third kappa shape index (κ3) is 4.15. The number of hydrogen-bond donors (Lipinski definition) is 1. The summed E-state index contributed by atoms with van der Waals surface area (Å²) in [7, 11) is 0. The first-order valence-corrected chi connectivity index (χ1v) is 11.8. The zero-order chi connectivity index (χ0) is 22.9. The van der Waals surface area contributed by atoms with Gasteiger partial charge < -0.3 is 19.5 Å². The summed E-state index contributed by atoms with van der Waals surface area (Å²) in [6, 6.07) is -0.208. The molecule has 1 N–H and O–H groups in total. The van der Waals surface area contributed by atoms with Crippen LogP contribution < -0.4 is 5.32 Å². The minimum Gasteiger partial charge on any atom is -0.377 e. The van der Waals surface area contributed by atoms with Crippen molar-refractivity contribution in [3.8, 4) is 11.4 Å². The molecule has 174 valence electrons. The highest BCUT2D eigenvalue weighted by Crippen LogP contribution is 2.37. The third-order valence-electron chi connectivity index (χ3n) is 6.52. The predicted octanol–water partition coefficient (Wildman–Crippen LogP) is 2.44. The Balaban J connectivity index is 1.46. The van der Waals surface area contributed by atoms with E-state index in [4.69, 9.17) is 9.72 Å². The lowest BCUT2D eigenvalue weighted by molar-refractivity contribution is -0.141. The average molecular weight is 451 g/mol. The van der Waals surface area contributed by atoms with E-state index < -0.39 is 0 Å². The number of anilines is 1. The van der Waals surface area contributed by atoms with Crippen molar-refractivity contribution < 1.29 is 9.53 Å². The highest BCUT2D eigenvalue weighted by Gasteiger charge is 2.40. The van der Waals surface area contributed by atoms with Crippen LogP contribution in [-0.4, -0.2) is 72.1 Å². The molecule has 3 aromatic rings. The van der Waals surface area contributed by atoms with Gasteiger partial charge >= 0.3 is 0 Å². The molecule has 4 heterocycles. The Hall–Kier alpha value is -3.14. The maximum atomic E-state index is 13.5. The first-order valence-electron chi connectivity index (χ1n) is 11.8. The number of rotatable bonds is 7. The largest absolute Gasteiger partial charge is 0.377 e. The van der Waals surface area contributed by atoms with E-state index in [9.17, 15) is 4.79 Å². The van der Waals surface area contributed by atoms with Gasteiger partial charge in [0.05, 0.1) is 24.8 Å². The standard InChI is InChI=1S/C23H30N8O2/c1-4-17(23(32)31-8-9-33-12-18(31)15-6-7-15)28-20-19-22(27-13-26-20)30(5-2)21(29-19)16-10-24-14(3)25-11-16/h10-11,13,15,17-18H,4-9,12H2,1-3H3,(H,26,27,28)/t17-,18-/m0/s1. The van der Waals surface area contributed by atoms with Gasteiger partial charge in [-0.05, 0) is 39.0 Å². The summed E-state index contributed by atoms with van der Waals surface area (Å²) >= 11 is 0. The Bertz CT molecular complexity index is 1140.